The van der Waals surface area contributed by atoms with Crippen molar-refractivity contribution < 1.29 is 9.53 Å². The van der Waals surface area contributed by atoms with E-state index in [1.165, 1.54) is 23.8 Å². The van der Waals surface area contributed by atoms with Gasteiger partial charge in [0.25, 0.3) is 0 Å². The first kappa shape index (κ1) is 13.1. The van der Waals surface area contributed by atoms with Crippen LogP contribution in [0.2, 0.25) is 0 Å². The van der Waals surface area contributed by atoms with Gasteiger partial charge in [0, 0.05) is 6.04 Å². The van der Waals surface area contributed by atoms with Crippen molar-refractivity contribution in [3.8, 4) is 0 Å². The van der Waals surface area contributed by atoms with Crippen LogP contribution in [0.4, 0.5) is 0 Å². The highest BCUT2D eigenvalue weighted by atomic mass is 16.5. The number of aryl methyl sites for hydroxylation is 2. The molecule has 0 bridgehead atoms. The maximum absolute atomic E-state index is 12.0. The smallest absolute Gasteiger partial charge is 0.313 e. The van der Waals surface area contributed by atoms with Gasteiger partial charge in [-0.2, -0.15) is 0 Å². The van der Waals surface area contributed by atoms with Crippen molar-refractivity contribution in [1.29, 1.82) is 0 Å². The molecule has 1 aliphatic rings. The Bertz CT molecular complexity index is 464. The largest absolute Gasteiger partial charge is 0.469 e. The first-order chi connectivity index (χ1) is 8.55. The van der Waals surface area contributed by atoms with Crippen molar-refractivity contribution in [3.63, 3.8) is 0 Å². The van der Waals surface area contributed by atoms with Gasteiger partial charge in [0.2, 0.25) is 0 Å². The predicted molar refractivity (Wildman–Crippen MR) is 71.4 cm³/mol. The van der Waals surface area contributed by atoms with Gasteiger partial charge in [0.05, 0.1) is 12.5 Å². The van der Waals surface area contributed by atoms with Crippen LogP contribution in [0.5, 0.6) is 0 Å². The molecule has 0 spiro atoms. The molecule has 0 amide bonds. The fourth-order valence-electron chi connectivity index (χ4n) is 2.65. The lowest BCUT2D eigenvalue weighted by Crippen LogP contribution is -2.33. The summed E-state index contributed by atoms with van der Waals surface area (Å²) in [6.45, 7) is 4.20. The third kappa shape index (κ3) is 2.03. The third-order valence-electron chi connectivity index (χ3n) is 4.09. The van der Waals surface area contributed by atoms with Crippen molar-refractivity contribution >= 4 is 5.97 Å². The van der Waals surface area contributed by atoms with E-state index in [0.29, 0.717) is 0 Å². The molecule has 98 valence electrons. The minimum Gasteiger partial charge on any atom is -0.469 e. The van der Waals surface area contributed by atoms with Crippen LogP contribution in [-0.4, -0.2) is 20.1 Å². The standard InChI is InChI=1S/C15H21NO2/c1-10-5-6-12(9-11(10)2)13(16-3)15(7-8-15)14(17)18-4/h5-6,9,13,16H,7-8H2,1-4H3. The zero-order valence-electron chi connectivity index (χ0n) is 11.5. The summed E-state index contributed by atoms with van der Waals surface area (Å²) >= 11 is 0. The Morgan fingerprint density at radius 1 is 1.33 bits per heavy atom. The van der Waals surface area contributed by atoms with Gasteiger partial charge < -0.3 is 10.1 Å². The second-order valence-corrected chi connectivity index (χ2v) is 5.21. The monoisotopic (exact) mass is 247 g/mol. The Morgan fingerprint density at radius 3 is 2.44 bits per heavy atom. The summed E-state index contributed by atoms with van der Waals surface area (Å²) in [5.41, 5.74) is 3.35. The lowest BCUT2D eigenvalue weighted by molar-refractivity contribution is -0.148. The summed E-state index contributed by atoms with van der Waals surface area (Å²) in [6.07, 6.45) is 1.80. The van der Waals surface area contributed by atoms with Crippen LogP contribution in [0.1, 0.15) is 35.6 Å². The van der Waals surface area contributed by atoms with Crippen LogP contribution in [-0.2, 0) is 9.53 Å². The van der Waals surface area contributed by atoms with Crippen molar-refractivity contribution in [1.82, 2.24) is 5.32 Å². The fourth-order valence-corrected chi connectivity index (χ4v) is 2.65. The lowest BCUT2D eigenvalue weighted by Gasteiger charge is -2.25. The average molecular weight is 247 g/mol. The highest BCUT2D eigenvalue weighted by Crippen LogP contribution is 2.55. The molecule has 2 rings (SSSR count). The number of methoxy groups -OCH3 is 1. The van der Waals surface area contributed by atoms with E-state index in [4.69, 9.17) is 4.74 Å². The Balaban J connectivity index is 2.34. The molecule has 1 aromatic carbocycles. The molecule has 1 aromatic rings. The van der Waals surface area contributed by atoms with Gasteiger partial charge in [0.1, 0.15) is 0 Å². The van der Waals surface area contributed by atoms with Crippen LogP contribution in [0.15, 0.2) is 18.2 Å². The summed E-state index contributed by atoms with van der Waals surface area (Å²) in [5, 5.41) is 3.28. The molecule has 1 N–H and O–H groups in total. The van der Waals surface area contributed by atoms with E-state index in [9.17, 15) is 4.79 Å². The molecule has 1 aliphatic carbocycles. The third-order valence-corrected chi connectivity index (χ3v) is 4.09. The Morgan fingerprint density at radius 2 is 2.00 bits per heavy atom. The number of rotatable bonds is 4. The molecule has 0 radical (unpaired) electrons. The van der Waals surface area contributed by atoms with E-state index in [-0.39, 0.29) is 17.4 Å². The van der Waals surface area contributed by atoms with Crippen molar-refractivity contribution in [2.75, 3.05) is 14.2 Å². The number of esters is 1. The molecule has 3 heteroatoms. The molecule has 1 atom stereocenters. The molecule has 1 saturated carbocycles. The molecule has 0 aromatic heterocycles. The van der Waals surface area contributed by atoms with Crippen molar-refractivity contribution in [2.24, 2.45) is 5.41 Å². The molecular formula is C15H21NO2. The van der Waals surface area contributed by atoms with Crippen LogP contribution in [0.3, 0.4) is 0 Å². The minimum absolute atomic E-state index is 0.0456. The number of hydrogen-bond donors (Lipinski definition) is 1. The average Bonchev–Trinajstić information content (AvgIpc) is 3.15. The number of carbonyl (C=O) groups excluding carboxylic acids is 1. The first-order valence-corrected chi connectivity index (χ1v) is 6.38. The van der Waals surface area contributed by atoms with Crippen LogP contribution < -0.4 is 5.32 Å². The molecule has 1 fully saturated rings. The summed E-state index contributed by atoms with van der Waals surface area (Å²) in [7, 11) is 3.37. The summed E-state index contributed by atoms with van der Waals surface area (Å²) in [5.74, 6) is -0.0971. The van der Waals surface area contributed by atoms with Gasteiger partial charge in [0.15, 0.2) is 0 Å². The Labute approximate surface area is 109 Å². The number of hydrogen-bond acceptors (Lipinski definition) is 3. The van der Waals surface area contributed by atoms with E-state index < -0.39 is 0 Å². The zero-order chi connectivity index (χ0) is 13.3. The summed E-state index contributed by atoms with van der Waals surface area (Å²) < 4.78 is 4.96. The van der Waals surface area contributed by atoms with Crippen molar-refractivity contribution in [2.45, 2.75) is 32.7 Å². The molecule has 18 heavy (non-hydrogen) atoms. The SMILES string of the molecule is CNC(c1ccc(C)c(C)c1)C1(C(=O)OC)CC1. The van der Waals surface area contributed by atoms with Gasteiger partial charge in [-0.05, 0) is 50.4 Å². The van der Waals surface area contributed by atoms with Crippen LogP contribution in [0.25, 0.3) is 0 Å². The molecule has 0 saturated heterocycles. The van der Waals surface area contributed by atoms with E-state index in [1.807, 2.05) is 7.05 Å². The Hall–Kier alpha value is -1.35. The molecule has 3 nitrogen and oxygen atoms in total. The number of benzene rings is 1. The van der Waals surface area contributed by atoms with Gasteiger partial charge >= 0.3 is 5.97 Å². The van der Waals surface area contributed by atoms with Gasteiger partial charge in [-0.1, -0.05) is 18.2 Å². The molecule has 0 heterocycles. The van der Waals surface area contributed by atoms with E-state index in [1.54, 1.807) is 0 Å². The van der Waals surface area contributed by atoms with E-state index in [0.717, 1.165) is 12.8 Å². The van der Waals surface area contributed by atoms with Crippen LogP contribution >= 0.6 is 0 Å². The Kier molecular flexibility index (Phi) is 3.44. The zero-order valence-corrected chi connectivity index (χ0v) is 11.5. The molecule has 1 unspecified atom stereocenters. The maximum Gasteiger partial charge on any atom is 0.313 e. The lowest BCUT2D eigenvalue weighted by atomic mass is 9.88. The number of carbonyl (C=O) groups is 1. The summed E-state index contributed by atoms with van der Waals surface area (Å²) in [4.78, 5) is 12.0. The van der Waals surface area contributed by atoms with Crippen LogP contribution in [0, 0.1) is 19.3 Å². The normalized spacial score (nSPS) is 18.2. The molecule has 0 aliphatic heterocycles. The van der Waals surface area contributed by atoms with Gasteiger partial charge in [-0.25, -0.2) is 0 Å². The van der Waals surface area contributed by atoms with E-state index in [2.05, 4.69) is 37.4 Å². The highest BCUT2D eigenvalue weighted by Gasteiger charge is 2.56. The summed E-state index contributed by atoms with van der Waals surface area (Å²) in [6, 6.07) is 6.43. The quantitative estimate of drug-likeness (QED) is 0.831. The predicted octanol–water partition coefficient (Wildman–Crippen LogP) is 2.52. The molecular weight excluding hydrogens is 226 g/mol. The van der Waals surface area contributed by atoms with E-state index >= 15 is 0 Å². The van der Waals surface area contributed by atoms with Gasteiger partial charge in [-0.15, -0.1) is 0 Å². The second-order valence-electron chi connectivity index (χ2n) is 5.21. The number of nitrogens with one attached hydrogen (secondary N) is 1. The number of ether oxygens (including phenoxy) is 1. The topological polar surface area (TPSA) is 38.3 Å². The van der Waals surface area contributed by atoms with Gasteiger partial charge in [-0.3, -0.25) is 4.79 Å². The second kappa shape index (κ2) is 4.73. The maximum atomic E-state index is 12.0. The van der Waals surface area contributed by atoms with Crippen molar-refractivity contribution in [3.05, 3.63) is 34.9 Å². The highest BCUT2D eigenvalue weighted by molar-refractivity contribution is 5.81. The fraction of sp³-hybridized carbons (Fsp3) is 0.533. The minimum atomic E-state index is -0.356. The first-order valence-electron chi connectivity index (χ1n) is 6.38.